The summed E-state index contributed by atoms with van der Waals surface area (Å²) in [5, 5.41) is 4.03. The van der Waals surface area contributed by atoms with Gasteiger partial charge in [0.05, 0.1) is 24.2 Å². The van der Waals surface area contributed by atoms with Gasteiger partial charge in [-0.15, -0.1) is 5.10 Å². The van der Waals surface area contributed by atoms with Gasteiger partial charge in [0.2, 0.25) is 0 Å². The quantitative estimate of drug-likeness (QED) is 0.783. The highest BCUT2D eigenvalue weighted by atomic mass is 32.1. The summed E-state index contributed by atoms with van der Waals surface area (Å²) >= 11 is 1.27. The van der Waals surface area contributed by atoms with Crippen molar-refractivity contribution in [2.24, 2.45) is 5.41 Å². The Kier molecular flexibility index (Phi) is 5.47. The molecule has 0 aliphatic carbocycles. The van der Waals surface area contributed by atoms with Crippen LogP contribution in [0.4, 0.5) is 0 Å². The fourth-order valence-corrected chi connectivity index (χ4v) is 4.56. The lowest BCUT2D eigenvalue weighted by Gasteiger charge is -2.50. The van der Waals surface area contributed by atoms with E-state index in [1.165, 1.54) is 11.5 Å². The Morgan fingerprint density at radius 2 is 2.30 bits per heavy atom. The molecule has 4 rings (SSSR count). The highest BCUT2D eigenvalue weighted by molar-refractivity contribution is 7.05. The number of amides is 1. The Labute approximate surface area is 162 Å². The Balaban J connectivity index is 1.46. The first kappa shape index (κ1) is 18.5. The van der Waals surface area contributed by atoms with E-state index in [9.17, 15) is 4.79 Å². The third-order valence-electron chi connectivity index (χ3n) is 5.54. The number of fused-ring (bicyclic) bond motifs is 1. The predicted molar refractivity (Wildman–Crippen MR) is 100 cm³/mol. The Morgan fingerprint density at radius 3 is 3.07 bits per heavy atom. The van der Waals surface area contributed by atoms with E-state index in [-0.39, 0.29) is 17.4 Å². The monoisotopic (exact) mass is 388 g/mol. The molecule has 2 fully saturated rings. The second-order valence-corrected chi connectivity index (χ2v) is 8.32. The van der Waals surface area contributed by atoms with Crippen LogP contribution in [0.15, 0.2) is 24.5 Å². The Hall–Kier alpha value is -1.90. The number of hydrogen-bond acceptors (Lipinski definition) is 7. The van der Waals surface area contributed by atoms with Crippen LogP contribution in [0.25, 0.3) is 0 Å². The van der Waals surface area contributed by atoms with Gasteiger partial charge in [-0.2, -0.15) is 0 Å². The molecule has 2 aromatic heterocycles. The van der Waals surface area contributed by atoms with Gasteiger partial charge in [0.1, 0.15) is 0 Å². The maximum Gasteiger partial charge on any atom is 0.275 e. The molecule has 0 radical (unpaired) electrons. The topological polar surface area (TPSA) is 77.4 Å². The number of likely N-dealkylation sites (tertiary alicyclic amines) is 1. The second kappa shape index (κ2) is 8.00. The zero-order valence-corrected chi connectivity index (χ0v) is 16.3. The molecule has 144 valence electrons. The molecular formula is C19H24N4O3S. The zero-order valence-electron chi connectivity index (χ0n) is 15.5. The van der Waals surface area contributed by atoms with Crippen LogP contribution >= 0.6 is 11.5 Å². The van der Waals surface area contributed by atoms with E-state index in [1.54, 1.807) is 12.4 Å². The van der Waals surface area contributed by atoms with Crippen molar-refractivity contribution in [3.63, 3.8) is 0 Å². The van der Waals surface area contributed by atoms with Crippen molar-refractivity contribution in [1.82, 2.24) is 19.5 Å². The van der Waals surface area contributed by atoms with E-state index >= 15 is 0 Å². The van der Waals surface area contributed by atoms with Gasteiger partial charge in [0, 0.05) is 37.5 Å². The van der Waals surface area contributed by atoms with Crippen LogP contribution in [0.1, 0.15) is 40.2 Å². The predicted octanol–water partition coefficient (Wildman–Crippen LogP) is 2.47. The normalized spacial score (nSPS) is 25.2. The summed E-state index contributed by atoms with van der Waals surface area (Å²) in [6, 6.07) is 3.92. The van der Waals surface area contributed by atoms with Crippen molar-refractivity contribution < 1.29 is 14.3 Å². The minimum Gasteiger partial charge on any atom is -0.377 e. The summed E-state index contributed by atoms with van der Waals surface area (Å²) in [5.41, 5.74) is 1.42. The number of aryl methyl sites for hydroxylation is 1. The van der Waals surface area contributed by atoms with Crippen LogP contribution in [0.2, 0.25) is 0 Å². The van der Waals surface area contributed by atoms with Crippen molar-refractivity contribution in [2.75, 3.05) is 26.3 Å². The van der Waals surface area contributed by atoms with Crippen molar-refractivity contribution in [1.29, 1.82) is 0 Å². The molecule has 2 aliphatic heterocycles. The van der Waals surface area contributed by atoms with Crippen molar-refractivity contribution in [2.45, 2.75) is 38.9 Å². The molecule has 0 spiro atoms. The van der Waals surface area contributed by atoms with Gasteiger partial charge >= 0.3 is 0 Å². The van der Waals surface area contributed by atoms with Gasteiger partial charge < -0.3 is 14.4 Å². The number of nitrogens with zero attached hydrogens (tertiary/aromatic N) is 4. The molecule has 0 saturated carbocycles. The molecule has 2 atom stereocenters. The maximum absolute atomic E-state index is 12.9. The fraction of sp³-hybridized carbons (Fsp3) is 0.579. The Bertz CT molecular complexity index is 784. The number of piperidine rings is 1. The minimum atomic E-state index is -0.156. The average molecular weight is 388 g/mol. The van der Waals surface area contributed by atoms with Crippen LogP contribution in [-0.4, -0.2) is 57.8 Å². The van der Waals surface area contributed by atoms with Gasteiger partial charge in [0.15, 0.2) is 5.69 Å². The number of hydrogen-bond donors (Lipinski definition) is 0. The van der Waals surface area contributed by atoms with E-state index in [4.69, 9.17) is 9.47 Å². The summed E-state index contributed by atoms with van der Waals surface area (Å²) in [5.74, 6) is -0.0289. The number of carbonyl (C=O) groups excluding carboxylic acids is 1. The molecule has 2 aromatic rings. The van der Waals surface area contributed by atoms with Gasteiger partial charge in [-0.25, -0.2) is 0 Å². The molecule has 0 bridgehead atoms. The van der Waals surface area contributed by atoms with E-state index < -0.39 is 0 Å². The summed E-state index contributed by atoms with van der Waals surface area (Å²) in [7, 11) is 0. The zero-order chi connectivity index (χ0) is 18.7. The van der Waals surface area contributed by atoms with Gasteiger partial charge in [0.25, 0.3) is 5.91 Å². The van der Waals surface area contributed by atoms with Crippen LogP contribution < -0.4 is 0 Å². The molecule has 27 heavy (non-hydrogen) atoms. The summed E-state index contributed by atoms with van der Waals surface area (Å²) in [6.45, 7) is 5.14. The van der Waals surface area contributed by atoms with Crippen LogP contribution in [0, 0.1) is 12.3 Å². The van der Waals surface area contributed by atoms with Crippen LogP contribution in [0.5, 0.6) is 0 Å². The molecule has 8 heteroatoms. The van der Waals surface area contributed by atoms with Gasteiger partial charge in [-0.1, -0.05) is 4.49 Å². The van der Waals surface area contributed by atoms with E-state index in [0.29, 0.717) is 32.0 Å². The van der Waals surface area contributed by atoms with Crippen LogP contribution in [-0.2, 0) is 16.1 Å². The first-order valence-electron chi connectivity index (χ1n) is 9.34. The first-order valence-corrected chi connectivity index (χ1v) is 10.1. The van der Waals surface area contributed by atoms with E-state index in [1.807, 2.05) is 24.0 Å². The van der Waals surface area contributed by atoms with E-state index in [2.05, 4.69) is 14.6 Å². The lowest BCUT2D eigenvalue weighted by atomic mass is 9.73. The molecular weight excluding hydrogens is 364 g/mol. The number of pyridine rings is 1. The van der Waals surface area contributed by atoms with Gasteiger partial charge in [-0.05, 0) is 55.4 Å². The summed E-state index contributed by atoms with van der Waals surface area (Å²) in [6.07, 6.45) is 6.52. The molecule has 1 amide bonds. The SMILES string of the molecule is Cc1snnc1C(=O)N1CCC2OCCCC2(COCc2ccncc2)C1. The van der Waals surface area contributed by atoms with E-state index in [0.717, 1.165) is 36.3 Å². The molecule has 0 aromatic carbocycles. The first-order chi connectivity index (χ1) is 13.2. The van der Waals surface area contributed by atoms with Crippen molar-refractivity contribution >= 4 is 17.4 Å². The molecule has 4 heterocycles. The highest BCUT2D eigenvalue weighted by Crippen LogP contribution is 2.41. The summed E-state index contributed by atoms with van der Waals surface area (Å²) in [4.78, 5) is 19.7. The lowest BCUT2D eigenvalue weighted by molar-refractivity contribution is -0.148. The van der Waals surface area contributed by atoms with Crippen molar-refractivity contribution in [3.05, 3.63) is 40.7 Å². The third-order valence-corrected chi connectivity index (χ3v) is 6.17. The highest BCUT2D eigenvalue weighted by Gasteiger charge is 2.47. The molecule has 2 aliphatic rings. The number of carbonyl (C=O) groups is 1. The summed E-state index contributed by atoms with van der Waals surface area (Å²) < 4.78 is 16.1. The molecule has 2 saturated heterocycles. The van der Waals surface area contributed by atoms with Crippen LogP contribution in [0.3, 0.4) is 0 Å². The molecule has 0 N–H and O–H groups in total. The fourth-order valence-electron chi connectivity index (χ4n) is 4.10. The number of ether oxygens (including phenoxy) is 2. The van der Waals surface area contributed by atoms with Gasteiger partial charge in [-0.3, -0.25) is 9.78 Å². The Morgan fingerprint density at radius 1 is 1.44 bits per heavy atom. The third kappa shape index (κ3) is 3.88. The largest absolute Gasteiger partial charge is 0.377 e. The van der Waals surface area contributed by atoms with Crippen molar-refractivity contribution in [3.8, 4) is 0 Å². The standard InChI is InChI=1S/C19H24N4O3S/c1-14-17(21-22-27-14)18(24)23-9-5-16-19(12-23,6-2-10-26-16)13-25-11-15-3-7-20-8-4-15/h3-4,7-8,16H,2,5-6,9-13H2,1H3. The average Bonchev–Trinajstić information content (AvgIpc) is 3.13. The second-order valence-electron chi connectivity index (χ2n) is 7.37. The maximum atomic E-state index is 12.9. The smallest absolute Gasteiger partial charge is 0.275 e. The molecule has 7 nitrogen and oxygen atoms in total. The molecule has 2 unspecified atom stereocenters. The number of rotatable bonds is 5. The minimum absolute atomic E-state index is 0.0289. The lowest BCUT2D eigenvalue weighted by Crippen LogP contribution is -2.58. The number of aromatic nitrogens is 3.